The summed E-state index contributed by atoms with van der Waals surface area (Å²) in [6.45, 7) is 6.16. The van der Waals surface area contributed by atoms with Gasteiger partial charge in [0.25, 0.3) is 0 Å². The molecule has 5 heteroatoms. The van der Waals surface area contributed by atoms with Crippen LogP contribution in [-0.2, 0) is 14.3 Å². The molecule has 0 atom stereocenters. The lowest BCUT2D eigenvalue weighted by molar-refractivity contribution is -0.262. The van der Waals surface area contributed by atoms with E-state index in [2.05, 4.69) is 0 Å². The molecule has 1 heterocycles. The molecular weight excluding hydrogens is 266 g/mol. The summed E-state index contributed by atoms with van der Waals surface area (Å²) in [7, 11) is 0. The number of hydrogen-bond donors (Lipinski definition) is 0. The second-order valence-electron chi connectivity index (χ2n) is 6.03. The molecule has 0 bridgehead atoms. The van der Waals surface area contributed by atoms with Gasteiger partial charge in [0, 0.05) is 18.8 Å². The van der Waals surface area contributed by atoms with E-state index >= 15 is 0 Å². The molecule has 20 heavy (non-hydrogen) atoms. The molecule has 0 N–H and O–H groups in total. The Morgan fingerprint density at radius 2 is 1.80 bits per heavy atom. The standard InChI is InChI=1S/C15H26F2O3/c1-4-5-6-7-8-15(16,17)13(18)9-12-10-19-14(2,3)20-11-12/h12H,4-11H2,1-3H3. The second-order valence-corrected chi connectivity index (χ2v) is 6.03. The number of carbonyl (C=O) groups is 1. The minimum atomic E-state index is -3.21. The molecule has 0 radical (unpaired) electrons. The quantitative estimate of drug-likeness (QED) is 0.635. The normalized spacial score (nSPS) is 20.1. The Bertz CT molecular complexity index is 306. The number of carbonyl (C=O) groups excluding carboxylic acids is 1. The summed E-state index contributed by atoms with van der Waals surface area (Å²) in [5.74, 6) is -5.13. The van der Waals surface area contributed by atoms with Gasteiger partial charge in [0.05, 0.1) is 13.2 Å². The minimum absolute atomic E-state index is 0.170. The number of ether oxygens (including phenoxy) is 2. The van der Waals surface area contributed by atoms with Crippen molar-refractivity contribution in [3.05, 3.63) is 0 Å². The molecular formula is C15H26F2O3. The molecule has 0 spiro atoms. The van der Waals surface area contributed by atoms with Gasteiger partial charge in [-0.25, -0.2) is 0 Å². The van der Waals surface area contributed by atoms with Crippen LogP contribution >= 0.6 is 0 Å². The summed E-state index contributed by atoms with van der Waals surface area (Å²) in [6, 6.07) is 0. The minimum Gasteiger partial charge on any atom is -0.350 e. The summed E-state index contributed by atoms with van der Waals surface area (Å²) in [4.78, 5) is 11.7. The van der Waals surface area contributed by atoms with Gasteiger partial charge in [-0.3, -0.25) is 4.79 Å². The lowest BCUT2D eigenvalue weighted by Gasteiger charge is -2.35. The van der Waals surface area contributed by atoms with Crippen LogP contribution in [0.15, 0.2) is 0 Å². The number of alkyl halides is 2. The molecule has 0 unspecified atom stereocenters. The SMILES string of the molecule is CCCCCCC(F)(F)C(=O)CC1COC(C)(C)OC1. The second kappa shape index (κ2) is 7.46. The van der Waals surface area contributed by atoms with E-state index in [-0.39, 0.29) is 18.8 Å². The van der Waals surface area contributed by atoms with Crippen molar-refractivity contribution >= 4 is 5.78 Å². The molecule has 0 aromatic rings. The Kier molecular flexibility index (Phi) is 6.52. The highest BCUT2D eigenvalue weighted by molar-refractivity contribution is 5.85. The summed E-state index contributed by atoms with van der Waals surface area (Å²) in [5, 5.41) is 0. The van der Waals surface area contributed by atoms with Crippen LogP contribution in [0.2, 0.25) is 0 Å². The lowest BCUT2D eigenvalue weighted by atomic mass is 9.96. The van der Waals surface area contributed by atoms with Crippen molar-refractivity contribution in [3.63, 3.8) is 0 Å². The smallest absolute Gasteiger partial charge is 0.305 e. The van der Waals surface area contributed by atoms with Crippen LogP contribution in [-0.4, -0.2) is 30.7 Å². The zero-order valence-electron chi connectivity index (χ0n) is 12.7. The van der Waals surface area contributed by atoms with Crippen molar-refractivity contribution in [2.75, 3.05) is 13.2 Å². The van der Waals surface area contributed by atoms with Gasteiger partial charge in [-0.05, 0) is 20.3 Å². The number of halogens is 2. The van der Waals surface area contributed by atoms with E-state index in [1.54, 1.807) is 13.8 Å². The van der Waals surface area contributed by atoms with Gasteiger partial charge >= 0.3 is 5.92 Å². The van der Waals surface area contributed by atoms with Gasteiger partial charge in [-0.2, -0.15) is 8.78 Å². The van der Waals surface area contributed by atoms with E-state index in [4.69, 9.17) is 9.47 Å². The first-order valence-electron chi connectivity index (χ1n) is 7.46. The van der Waals surface area contributed by atoms with Crippen molar-refractivity contribution in [3.8, 4) is 0 Å². The monoisotopic (exact) mass is 292 g/mol. The maximum Gasteiger partial charge on any atom is 0.305 e. The summed E-state index contributed by atoms with van der Waals surface area (Å²) >= 11 is 0. The molecule has 1 aliphatic heterocycles. The van der Waals surface area contributed by atoms with Crippen LogP contribution in [0.1, 0.15) is 59.3 Å². The summed E-state index contributed by atoms with van der Waals surface area (Å²) in [5.41, 5.74) is 0. The molecule has 0 aromatic heterocycles. The average molecular weight is 292 g/mol. The third-order valence-electron chi connectivity index (χ3n) is 3.56. The third-order valence-corrected chi connectivity index (χ3v) is 3.56. The first-order valence-corrected chi connectivity index (χ1v) is 7.46. The molecule has 1 fully saturated rings. The van der Waals surface area contributed by atoms with Gasteiger partial charge in [0.1, 0.15) is 0 Å². The highest BCUT2D eigenvalue weighted by Crippen LogP contribution is 2.29. The molecule has 118 valence electrons. The molecule has 1 aliphatic rings. The van der Waals surface area contributed by atoms with Crippen LogP contribution in [0.25, 0.3) is 0 Å². The summed E-state index contributed by atoms with van der Waals surface area (Å²) in [6.07, 6.45) is 2.57. The average Bonchev–Trinajstić information content (AvgIpc) is 2.37. The fourth-order valence-electron chi connectivity index (χ4n) is 2.17. The Morgan fingerprint density at radius 1 is 1.20 bits per heavy atom. The number of Topliss-reactive ketones (excluding diaryl/α,β-unsaturated/α-hetero) is 1. The van der Waals surface area contributed by atoms with Crippen molar-refractivity contribution in [1.29, 1.82) is 0 Å². The lowest BCUT2D eigenvalue weighted by Crippen LogP contribution is -2.41. The van der Waals surface area contributed by atoms with Gasteiger partial charge in [-0.15, -0.1) is 0 Å². The van der Waals surface area contributed by atoms with Crippen LogP contribution in [0.5, 0.6) is 0 Å². The molecule has 1 saturated heterocycles. The van der Waals surface area contributed by atoms with Gasteiger partial charge in [0.15, 0.2) is 5.79 Å². The van der Waals surface area contributed by atoms with E-state index in [0.29, 0.717) is 19.6 Å². The Hall–Kier alpha value is -0.550. The molecule has 0 aromatic carbocycles. The Balaban J connectivity index is 2.33. The zero-order chi connectivity index (χ0) is 15.2. The van der Waals surface area contributed by atoms with Gasteiger partial charge < -0.3 is 9.47 Å². The maximum atomic E-state index is 13.7. The number of ketones is 1. The van der Waals surface area contributed by atoms with E-state index in [9.17, 15) is 13.6 Å². The predicted molar refractivity (Wildman–Crippen MR) is 72.8 cm³/mol. The number of hydrogen-bond acceptors (Lipinski definition) is 3. The fourth-order valence-corrected chi connectivity index (χ4v) is 2.17. The number of rotatable bonds is 8. The van der Waals surface area contributed by atoms with Crippen LogP contribution in [0.3, 0.4) is 0 Å². The Morgan fingerprint density at radius 3 is 2.35 bits per heavy atom. The van der Waals surface area contributed by atoms with Crippen molar-refractivity contribution in [2.45, 2.75) is 71.0 Å². The first-order chi connectivity index (χ1) is 9.27. The first kappa shape index (κ1) is 17.5. The van der Waals surface area contributed by atoms with Crippen LogP contribution in [0, 0.1) is 5.92 Å². The van der Waals surface area contributed by atoms with Gasteiger partial charge in [-0.1, -0.05) is 26.2 Å². The molecule has 0 aliphatic carbocycles. The highest BCUT2D eigenvalue weighted by atomic mass is 19.3. The zero-order valence-corrected chi connectivity index (χ0v) is 12.7. The molecule has 0 amide bonds. The molecule has 0 saturated carbocycles. The van der Waals surface area contributed by atoms with Crippen molar-refractivity contribution in [1.82, 2.24) is 0 Å². The van der Waals surface area contributed by atoms with Gasteiger partial charge in [0.2, 0.25) is 5.78 Å². The summed E-state index contributed by atoms with van der Waals surface area (Å²) < 4.78 is 38.2. The van der Waals surface area contributed by atoms with Crippen molar-refractivity contribution in [2.24, 2.45) is 5.92 Å². The Labute approximate surface area is 120 Å². The van der Waals surface area contributed by atoms with E-state index < -0.39 is 17.5 Å². The fraction of sp³-hybridized carbons (Fsp3) is 0.933. The van der Waals surface area contributed by atoms with Crippen LogP contribution < -0.4 is 0 Å². The molecule has 3 nitrogen and oxygen atoms in total. The molecule has 1 rings (SSSR count). The topological polar surface area (TPSA) is 35.5 Å². The number of unbranched alkanes of at least 4 members (excludes halogenated alkanes) is 3. The predicted octanol–water partition coefficient (Wildman–Crippen LogP) is 3.95. The van der Waals surface area contributed by atoms with E-state index in [1.807, 2.05) is 6.92 Å². The maximum absolute atomic E-state index is 13.7. The van der Waals surface area contributed by atoms with Crippen LogP contribution in [0.4, 0.5) is 8.78 Å². The third kappa shape index (κ3) is 5.83. The van der Waals surface area contributed by atoms with E-state index in [0.717, 1.165) is 19.3 Å². The highest BCUT2D eigenvalue weighted by Gasteiger charge is 2.40. The largest absolute Gasteiger partial charge is 0.350 e. The van der Waals surface area contributed by atoms with E-state index in [1.165, 1.54) is 0 Å². The van der Waals surface area contributed by atoms with Crippen molar-refractivity contribution < 1.29 is 23.0 Å².